The lowest BCUT2D eigenvalue weighted by Gasteiger charge is -2.13. The Kier molecular flexibility index (Phi) is 3.94. The Hall–Kier alpha value is -2.40. The minimum atomic E-state index is -0.0833. The molecular weight excluding hydrogens is 320 g/mol. The molecule has 0 fully saturated rings. The van der Waals surface area contributed by atoms with Crippen molar-refractivity contribution in [1.29, 1.82) is 0 Å². The van der Waals surface area contributed by atoms with E-state index in [0.717, 1.165) is 39.9 Å². The first-order valence-corrected chi connectivity index (χ1v) is 8.92. The van der Waals surface area contributed by atoms with Gasteiger partial charge >= 0.3 is 0 Å². The number of hydrogen-bond donors (Lipinski definition) is 1. The molecule has 0 atom stereocenters. The number of nitrogens with zero attached hydrogens (tertiary/aromatic N) is 1. The number of thiophene rings is 1. The highest BCUT2D eigenvalue weighted by atomic mass is 32.1. The molecule has 122 valence electrons. The molecule has 0 spiro atoms. The maximum absolute atomic E-state index is 12.8. The second-order valence-corrected chi connectivity index (χ2v) is 7.03. The number of carbonyl (C=O) groups excluding carboxylic acids is 1. The summed E-state index contributed by atoms with van der Waals surface area (Å²) in [5, 5.41) is 4.04. The van der Waals surface area contributed by atoms with Gasteiger partial charge in [0.15, 0.2) is 0 Å². The number of aryl methyl sites for hydroxylation is 2. The van der Waals surface area contributed by atoms with E-state index in [1.807, 2.05) is 12.1 Å². The Morgan fingerprint density at radius 3 is 2.75 bits per heavy atom. The van der Waals surface area contributed by atoms with E-state index in [1.165, 1.54) is 23.3 Å². The Balaban J connectivity index is 1.83. The molecule has 1 amide bonds. The van der Waals surface area contributed by atoms with Crippen molar-refractivity contribution >= 4 is 33.0 Å². The fourth-order valence-electron chi connectivity index (χ4n) is 3.33. The number of pyridine rings is 1. The molecule has 5 heteroatoms. The third-order valence-corrected chi connectivity index (χ3v) is 5.77. The van der Waals surface area contributed by atoms with Crippen molar-refractivity contribution in [3.05, 3.63) is 52.7 Å². The first-order chi connectivity index (χ1) is 11.8. The van der Waals surface area contributed by atoms with Crippen LogP contribution in [0.1, 0.15) is 33.6 Å². The van der Waals surface area contributed by atoms with Crippen LogP contribution in [-0.2, 0) is 12.8 Å². The van der Waals surface area contributed by atoms with Crippen molar-refractivity contribution in [3.63, 3.8) is 0 Å². The lowest BCUT2D eigenvalue weighted by molar-refractivity contribution is 0.102. The van der Waals surface area contributed by atoms with Gasteiger partial charge in [-0.2, -0.15) is 0 Å². The smallest absolute Gasteiger partial charge is 0.256 e. The average molecular weight is 338 g/mol. The number of aromatic nitrogens is 1. The van der Waals surface area contributed by atoms with Crippen LogP contribution in [0.4, 0.5) is 5.69 Å². The Morgan fingerprint density at radius 2 is 1.96 bits per heavy atom. The Labute approximate surface area is 144 Å². The van der Waals surface area contributed by atoms with Crippen molar-refractivity contribution in [2.75, 3.05) is 12.4 Å². The molecule has 1 aliphatic carbocycles. The molecule has 0 saturated carbocycles. The van der Waals surface area contributed by atoms with Crippen LogP contribution in [0, 0.1) is 0 Å². The van der Waals surface area contributed by atoms with Crippen molar-refractivity contribution in [2.24, 2.45) is 0 Å². The summed E-state index contributed by atoms with van der Waals surface area (Å²) in [6.07, 6.45) is 7.89. The van der Waals surface area contributed by atoms with Gasteiger partial charge in [-0.1, -0.05) is 0 Å². The van der Waals surface area contributed by atoms with E-state index in [4.69, 9.17) is 4.74 Å². The number of nitrogens with one attached hydrogen (secondary N) is 1. The van der Waals surface area contributed by atoms with Gasteiger partial charge in [0.25, 0.3) is 5.91 Å². The molecule has 1 aliphatic rings. The molecular formula is C19H18N2O2S. The summed E-state index contributed by atoms with van der Waals surface area (Å²) in [5.74, 6) is 0.768. The van der Waals surface area contributed by atoms with Crippen LogP contribution in [0.2, 0.25) is 0 Å². The van der Waals surface area contributed by atoms with Gasteiger partial charge in [0.2, 0.25) is 0 Å². The molecule has 0 radical (unpaired) electrons. The summed E-state index contributed by atoms with van der Waals surface area (Å²) >= 11 is 1.77. The summed E-state index contributed by atoms with van der Waals surface area (Å²) in [4.78, 5) is 18.2. The van der Waals surface area contributed by atoms with Gasteiger partial charge in [0.05, 0.1) is 11.8 Å². The molecule has 0 unspecified atom stereocenters. The van der Waals surface area contributed by atoms with Gasteiger partial charge in [-0.3, -0.25) is 9.78 Å². The van der Waals surface area contributed by atoms with Crippen molar-refractivity contribution in [3.8, 4) is 5.75 Å². The average Bonchev–Trinajstić information content (AvgIpc) is 3.01. The van der Waals surface area contributed by atoms with E-state index in [2.05, 4.69) is 10.3 Å². The second kappa shape index (κ2) is 6.24. The zero-order valence-corrected chi connectivity index (χ0v) is 14.3. The standard InChI is InChI=1S/C19H18N2O2S/c1-23-15-7-6-14(19(22)21-12-8-10-20-11-9-12)17-13-4-2-3-5-16(13)24-18(15)17/h6-11H,2-5H2,1H3,(H,20,21,22). The summed E-state index contributed by atoms with van der Waals surface area (Å²) in [6.45, 7) is 0. The van der Waals surface area contributed by atoms with Gasteiger partial charge in [-0.05, 0) is 55.5 Å². The highest BCUT2D eigenvalue weighted by molar-refractivity contribution is 7.19. The van der Waals surface area contributed by atoms with Crippen LogP contribution < -0.4 is 10.1 Å². The summed E-state index contributed by atoms with van der Waals surface area (Å²) in [5.41, 5.74) is 2.81. The number of benzene rings is 1. The van der Waals surface area contributed by atoms with Crippen LogP contribution in [0.3, 0.4) is 0 Å². The third kappa shape index (κ3) is 2.55. The van der Waals surface area contributed by atoms with Crippen LogP contribution in [-0.4, -0.2) is 18.0 Å². The van der Waals surface area contributed by atoms with Gasteiger partial charge in [0.1, 0.15) is 5.75 Å². The van der Waals surface area contributed by atoms with E-state index in [-0.39, 0.29) is 5.91 Å². The quantitative estimate of drug-likeness (QED) is 0.768. The van der Waals surface area contributed by atoms with Crippen molar-refractivity contribution in [1.82, 2.24) is 4.98 Å². The van der Waals surface area contributed by atoms with Crippen LogP contribution in [0.25, 0.3) is 10.1 Å². The highest BCUT2D eigenvalue weighted by Crippen LogP contribution is 2.42. The van der Waals surface area contributed by atoms with Crippen molar-refractivity contribution < 1.29 is 9.53 Å². The highest BCUT2D eigenvalue weighted by Gasteiger charge is 2.23. The molecule has 4 rings (SSSR count). The predicted molar refractivity (Wildman–Crippen MR) is 97.2 cm³/mol. The Bertz CT molecular complexity index is 903. The number of methoxy groups -OCH3 is 1. The summed E-state index contributed by atoms with van der Waals surface area (Å²) in [6, 6.07) is 7.36. The molecule has 0 aliphatic heterocycles. The molecule has 1 aromatic carbocycles. The number of hydrogen-bond acceptors (Lipinski definition) is 4. The molecule has 3 aromatic rings. The minimum Gasteiger partial charge on any atom is -0.495 e. The van der Waals surface area contributed by atoms with E-state index in [9.17, 15) is 4.79 Å². The zero-order chi connectivity index (χ0) is 16.5. The first kappa shape index (κ1) is 15.1. The number of ether oxygens (including phenoxy) is 1. The van der Waals surface area contributed by atoms with E-state index in [0.29, 0.717) is 0 Å². The van der Waals surface area contributed by atoms with E-state index < -0.39 is 0 Å². The molecule has 2 heterocycles. The van der Waals surface area contributed by atoms with Gasteiger partial charge < -0.3 is 10.1 Å². The molecule has 0 saturated heterocycles. The van der Waals surface area contributed by atoms with E-state index >= 15 is 0 Å². The SMILES string of the molecule is COc1ccc(C(=O)Nc2ccncc2)c2c3c(sc12)CCCC3. The number of anilines is 1. The number of amides is 1. The topological polar surface area (TPSA) is 51.2 Å². The van der Waals surface area contributed by atoms with E-state index in [1.54, 1.807) is 43.0 Å². The van der Waals surface area contributed by atoms with Gasteiger partial charge in [-0.25, -0.2) is 0 Å². The fraction of sp³-hybridized carbons (Fsp3) is 0.263. The maximum atomic E-state index is 12.8. The Morgan fingerprint density at radius 1 is 1.17 bits per heavy atom. The molecule has 2 aromatic heterocycles. The molecule has 0 bridgehead atoms. The lowest BCUT2D eigenvalue weighted by atomic mass is 9.93. The van der Waals surface area contributed by atoms with Crippen molar-refractivity contribution in [2.45, 2.75) is 25.7 Å². The molecule has 1 N–H and O–H groups in total. The minimum absolute atomic E-state index is 0.0833. The first-order valence-electron chi connectivity index (χ1n) is 8.10. The normalized spacial score (nSPS) is 13.5. The molecule has 4 nitrogen and oxygen atoms in total. The second-order valence-electron chi connectivity index (χ2n) is 5.92. The molecule has 24 heavy (non-hydrogen) atoms. The lowest BCUT2D eigenvalue weighted by Crippen LogP contribution is -2.13. The number of carbonyl (C=O) groups is 1. The van der Waals surface area contributed by atoms with Gasteiger partial charge in [0, 0.05) is 33.9 Å². The summed E-state index contributed by atoms with van der Waals surface area (Å²) < 4.78 is 6.62. The number of fused-ring (bicyclic) bond motifs is 3. The summed E-state index contributed by atoms with van der Waals surface area (Å²) in [7, 11) is 1.68. The van der Waals surface area contributed by atoms with Gasteiger partial charge in [-0.15, -0.1) is 11.3 Å². The predicted octanol–water partition coefficient (Wildman–Crippen LogP) is 4.44. The maximum Gasteiger partial charge on any atom is 0.256 e. The zero-order valence-electron chi connectivity index (χ0n) is 13.5. The monoisotopic (exact) mass is 338 g/mol. The van der Waals surface area contributed by atoms with Crippen LogP contribution in [0.15, 0.2) is 36.7 Å². The van der Waals surface area contributed by atoms with Crippen LogP contribution >= 0.6 is 11.3 Å². The largest absolute Gasteiger partial charge is 0.495 e. The fourth-order valence-corrected chi connectivity index (χ4v) is 4.73. The number of rotatable bonds is 3. The van der Waals surface area contributed by atoms with Crippen LogP contribution in [0.5, 0.6) is 5.75 Å². The third-order valence-electron chi connectivity index (χ3n) is 4.47.